The highest BCUT2D eigenvalue weighted by molar-refractivity contribution is 5.91. The summed E-state index contributed by atoms with van der Waals surface area (Å²) in [6.07, 6.45) is 4.18. The molecule has 4 nitrogen and oxygen atoms in total. The van der Waals surface area contributed by atoms with Crippen molar-refractivity contribution in [3.8, 4) is 0 Å². The monoisotopic (exact) mass is 310 g/mol. The number of piperidine rings is 1. The van der Waals surface area contributed by atoms with Gasteiger partial charge in [0.05, 0.1) is 6.61 Å². The SMILES string of the molecule is O=C(/C=C/c1c(F)cccc1F)N1CCC[C@H](NCCO)C1. The quantitative estimate of drug-likeness (QED) is 0.812. The van der Waals surface area contributed by atoms with Crippen molar-refractivity contribution in [1.29, 1.82) is 0 Å². The number of nitrogens with zero attached hydrogens (tertiary/aromatic N) is 1. The molecule has 0 aromatic heterocycles. The molecule has 0 bridgehead atoms. The second kappa shape index (κ2) is 8.00. The van der Waals surface area contributed by atoms with Crippen LogP contribution in [0.1, 0.15) is 18.4 Å². The molecule has 0 radical (unpaired) electrons. The van der Waals surface area contributed by atoms with Gasteiger partial charge in [0, 0.05) is 37.3 Å². The summed E-state index contributed by atoms with van der Waals surface area (Å²) in [5.74, 6) is -1.64. The van der Waals surface area contributed by atoms with Crippen molar-refractivity contribution in [1.82, 2.24) is 10.2 Å². The van der Waals surface area contributed by atoms with Crippen LogP contribution in [0.15, 0.2) is 24.3 Å². The zero-order valence-corrected chi connectivity index (χ0v) is 12.3. The molecule has 0 saturated carbocycles. The Bertz CT molecular complexity index is 529. The van der Waals surface area contributed by atoms with Crippen molar-refractivity contribution >= 4 is 12.0 Å². The van der Waals surface area contributed by atoms with E-state index in [1.165, 1.54) is 18.2 Å². The van der Waals surface area contributed by atoms with Gasteiger partial charge >= 0.3 is 0 Å². The number of aliphatic hydroxyl groups excluding tert-OH is 1. The molecule has 1 heterocycles. The number of carbonyl (C=O) groups is 1. The number of carbonyl (C=O) groups excluding carboxylic acids is 1. The minimum Gasteiger partial charge on any atom is -0.395 e. The Morgan fingerprint density at radius 2 is 2.14 bits per heavy atom. The molecule has 1 aromatic carbocycles. The lowest BCUT2D eigenvalue weighted by Crippen LogP contribution is -2.48. The third-order valence-corrected chi connectivity index (χ3v) is 3.67. The number of aliphatic hydroxyl groups is 1. The van der Waals surface area contributed by atoms with E-state index in [-0.39, 0.29) is 24.1 Å². The molecule has 0 spiro atoms. The van der Waals surface area contributed by atoms with Crippen LogP contribution in [-0.4, -0.2) is 48.2 Å². The zero-order valence-electron chi connectivity index (χ0n) is 12.3. The summed E-state index contributed by atoms with van der Waals surface area (Å²) in [6.45, 7) is 1.70. The molecule has 1 amide bonds. The van der Waals surface area contributed by atoms with Gasteiger partial charge in [0.15, 0.2) is 0 Å². The summed E-state index contributed by atoms with van der Waals surface area (Å²) in [5.41, 5.74) is -0.206. The normalized spacial score (nSPS) is 18.9. The van der Waals surface area contributed by atoms with Gasteiger partial charge in [0.25, 0.3) is 0 Å². The van der Waals surface area contributed by atoms with Gasteiger partial charge in [-0.25, -0.2) is 8.78 Å². The zero-order chi connectivity index (χ0) is 15.9. The second-order valence-corrected chi connectivity index (χ2v) is 5.27. The maximum atomic E-state index is 13.5. The largest absolute Gasteiger partial charge is 0.395 e. The molecular weight excluding hydrogens is 290 g/mol. The topological polar surface area (TPSA) is 52.6 Å². The molecule has 1 aliphatic heterocycles. The minimum absolute atomic E-state index is 0.0525. The van der Waals surface area contributed by atoms with Crippen LogP contribution in [-0.2, 0) is 4.79 Å². The van der Waals surface area contributed by atoms with Gasteiger partial charge in [-0.15, -0.1) is 0 Å². The van der Waals surface area contributed by atoms with Gasteiger partial charge in [-0.05, 0) is 31.1 Å². The van der Waals surface area contributed by atoms with Crippen molar-refractivity contribution in [3.05, 3.63) is 41.5 Å². The first-order chi connectivity index (χ1) is 10.6. The van der Waals surface area contributed by atoms with Crippen LogP contribution in [0, 0.1) is 11.6 Å². The lowest BCUT2D eigenvalue weighted by Gasteiger charge is -2.32. The number of rotatable bonds is 5. The summed E-state index contributed by atoms with van der Waals surface area (Å²) in [6, 6.07) is 3.74. The van der Waals surface area contributed by atoms with Crippen LogP contribution in [0.3, 0.4) is 0 Å². The van der Waals surface area contributed by atoms with Crippen molar-refractivity contribution in [2.24, 2.45) is 0 Å². The maximum Gasteiger partial charge on any atom is 0.246 e. The molecule has 1 aromatic rings. The number of likely N-dealkylation sites (tertiary alicyclic amines) is 1. The van der Waals surface area contributed by atoms with E-state index in [0.717, 1.165) is 25.0 Å². The Labute approximate surface area is 128 Å². The second-order valence-electron chi connectivity index (χ2n) is 5.27. The smallest absolute Gasteiger partial charge is 0.246 e. The third-order valence-electron chi connectivity index (χ3n) is 3.67. The number of nitrogens with one attached hydrogen (secondary N) is 1. The Morgan fingerprint density at radius 1 is 1.41 bits per heavy atom. The highest BCUT2D eigenvalue weighted by Gasteiger charge is 2.21. The molecule has 0 unspecified atom stereocenters. The van der Waals surface area contributed by atoms with Crippen LogP contribution >= 0.6 is 0 Å². The third kappa shape index (κ3) is 4.35. The highest BCUT2D eigenvalue weighted by Crippen LogP contribution is 2.15. The molecule has 2 N–H and O–H groups in total. The fourth-order valence-electron chi connectivity index (χ4n) is 2.54. The Morgan fingerprint density at radius 3 is 2.82 bits per heavy atom. The lowest BCUT2D eigenvalue weighted by molar-refractivity contribution is -0.127. The van der Waals surface area contributed by atoms with Crippen molar-refractivity contribution in [2.45, 2.75) is 18.9 Å². The van der Waals surface area contributed by atoms with E-state index in [1.807, 2.05) is 0 Å². The maximum absolute atomic E-state index is 13.5. The molecule has 120 valence electrons. The van der Waals surface area contributed by atoms with Crippen LogP contribution in [0.4, 0.5) is 8.78 Å². The summed E-state index contributed by atoms with van der Waals surface area (Å²) >= 11 is 0. The molecule has 1 saturated heterocycles. The van der Waals surface area contributed by atoms with E-state index in [1.54, 1.807) is 4.90 Å². The average molecular weight is 310 g/mol. The molecule has 22 heavy (non-hydrogen) atoms. The van der Waals surface area contributed by atoms with Gasteiger partial charge in [0.1, 0.15) is 11.6 Å². The van der Waals surface area contributed by atoms with E-state index in [0.29, 0.717) is 19.6 Å². The molecule has 6 heteroatoms. The van der Waals surface area contributed by atoms with Crippen LogP contribution in [0.5, 0.6) is 0 Å². The van der Waals surface area contributed by atoms with Gasteiger partial charge in [0.2, 0.25) is 5.91 Å². The Kier molecular flexibility index (Phi) is 6.03. The molecule has 2 rings (SSSR count). The van der Waals surface area contributed by atoms with Crippen molar-refractivity contribution in [3.63, 3.8) is 0 Å². The molecule has 0 aliphatic carbocycles. The van der Waals surface area contributed by atoms with Gasteiger partial charge in [-0.2, -0.15) is 0 Å². The number of amides is 1. The number of halogens is 2. The summed E-state index contributed by atoms with van der Waals surface area (Å²) in [7, 11) is 0. The Hall–Kier alpha value is -1.79. The minimum atomic E-state index is -0.690. The first kappa shape index (κ1) is 16.6. The fourth-order valence-corrected chi connectivity index (χ4v) is 2.54. The predicted octanol–water partition coefficient (Wildman–Crippen LogP) is 1.55. The van der Waals surface area contributed by atoms with Crippen molar-refractivity contribution in [2.75, 3.05) is 26.2 Å². The van der Waals surface area contributed by atoms with E-state index < -0.39 is 11.6 Å². The predicted molar refractivity (Wildman–Crippen MR) is 80.1 cm³/mol. The summed E-state index contributed by atoms with van der Waals surface area (Å²) in [5, 5.41) is 12.0. The first-order valence-corrected chi connectivity index (χ1v) is 7.37. The Balaban J connectivity index is 1.98. The van der Waals surface area contributed by atoms with E-state index in [2.05, 4.69) is 5.32 Å². The molecule has 1 aliphatic rings. The van der Waals surface area contributed by atoms with Gasteiger partial charge in [-0.1, -0.05) is 6.07 Å². The number of hydrogen-bond donors (Lipinski definition) is 2. The summed E-state index contributed by atoms with van der Waals surface area (Å²) < 4.78 is 27.0. The van der Waals surface area contributed by atoms with Crippen molar-refractivity contribution < 1.29 is 18.7 Å². The van der Waals surface area contributed by atoms with Gasteiger partial charge < -0.3 is 15.3 Å². The fraction of sp³-hybridized carbons (Fsp3) is 0.438. The van der Waals surface area contributed by atoms with Gasteiger partial charge in [-0.3, -0.25) is 4.79 Å². The van der Waals surface area contributed by atoms with E-state index >= 15 is 0 Å². The molecule has 1 atom stereocenters. The van der Waals surface area contributed by atoms with E-state index in [9.17, 15) is 13.6 Å². The standard InChI is InChI=1S/C16H20F2N2O2/c17-14-4-1-5-15(18)13(14)6-7-16(22)20-9-2-3-12(11-20)19-8-10-21/h1,4-7,12,19,21H,2-3,8-11H2/b7-6+/t12-/m0/s1. The average Bonchev–Trinajstić information content (AvgIpc) is 2.52. The molecular formula is C16H20F2N2O2. The van der Waals surface area contributed by atoms with E-state index in [4.69, 9.17) is 5.11 Å². The lowest BCUT2D eigenvalue weighted by atomic mass is 10.1. The van der Waals surface area contributed by atoms with Crippen LogP contribution in [0.2, 0.25) is 0 Å². The highest BCUT2D eigenvalue weighted by atomic mass is 19.1. The molecule has 1 fully saturated rings. The number of benzene rings is 1. The first-order valence-electron chi connectivity index (χ1n) is 7.37. The number of hydrogen-bond acceptors (Lipinski definition) is 3. The van der Waals surface area contributed by atoms with Crippen LogP contribution < -0.4 is 5.32 Å². The van der Waals surface area contributed by atoms with Crippen LogP contribution in [0.25, 0.3) is 6.08 Å². The summed E-state index contributed by atoms with van der Waals surface area (Å²) in [4.78, 5) is 13.8.